The second-order valence-corrected chi connectivity index (χ2v) is 3.34. The Morgan fingerprint density at radius 1 is 0.700 bits per heavy atom. The van der Waals surface area contributed by atoms with Crippen molar-refractivity contribution in [2.45, 2.75) is 25.7 Å². The van der Waals surface area contributed by atoms with E-state index >= 15 is 0 Å². The summed E-state index contributed by atoms with van der Waals surface area (Å²) in [5.41, 5.74) is 6.64. The molecule has 1 aromatic rings. The summed E-state index contributed by atoms with van der Waals surface area (Å²) < 4.78 is 0. The first-order valence-electron chi connectivity index (χ1n) is 4.07. The van der Waals surface area contributed by atoms with Crippen molar-refractivity contribution < 1.29 is 0 Å². The first kappa shape index (κ1) is 4.95. The van der Waals surface area contributed by atoms with Gasteiger partial charge in [-0.3, -0.25) is 0 Å². The molecule has 0 unspecified atom stereocenters. The molecule has 0 saturated heterocycles. The number of hydrogen-bond donors (Lipinski definition) is 0. The van der Waals surface area contributed by atoms with Gasteiger partial charge in [-0.15, -0.1) is 0 Å². The predicted molar refractivity (Wildman–Crippen MR) is 41.3 cm³/mol. The smallest absolute Gasteiger partial charge is 0.0233 e. The lowest BCUT2D eigenvalue weighted by atomic mass is 9.75. The lowest BCUT2D eigenvalue weighted by Gasteiger charge is -2.30. The van der Waals surface area contributed by atoms with Crippen molar-refractivity contribution in [2.24, 2.45) is 0 Å². The van der Waals surface area contributed by atoms with Crippen LogP contribution in [0.25, 0.3) is 0 Å². The summed E-state index contributed by atoms with van der Waals surface area (Å²) in [6.07, 6.45) is 5.39. The molecule has 2 aliphatic carbocycles. The maximum absolute atomic E-state index is 2.32. The Bertz CT molecular complexity index is 266. The van der Waals surface area contributed by atoms with E-state index in [0.29, 0.717) is 0 Å². The van der Waals surface area contributed by atoms with Crippen LogP contribution >= 0.6 is 0 Å². The third-order valence-corrected chi connectivity index (χ3v) is 2.91. The third kappa shape index (κ3) is 0.406. The molecule has 10 heavy (non-hydrogen) atoms. The summed E-state index contributed by atoms with van der Waals surface area (Å²) in [6.45, 7) is 0. The van der Waals surface area contributed by atoms with Gasteiger partial charge in [-0.1, -0.05) is 12.1 Å². The van der Waals surface area contributed by atoms with Crippen molar-refractivity contribution in [1.29, 1.82) is 0 Å². The average molecular weight is 130 g/mol. The van der Waals surface area contributed by atoms with E-state index in [-0.39, 0.29) is 0 Å². The minimum atomic E-state index is 1.34. The van der Waals surface area contributed by atoms with Crippen LogP contribution in [-0.2, 0) is 25.7 Å². The van der Waals surface area contributed by atoms with E-state index < -0.39 is 0 Å². The molecule has 0 amide bonds. The quantitative estimate of drug-likeness (QED) is 0.503. The largest absolute Gasteiger partial charge is 0.0585 e. The predicted octanol–water partition coefficient (Wildman–Crippen LogP) is 1.88. The van der Waals surface area contributed by atoms with E-state index in [0.717, 1.165) is 0 Å². The number of hydrogen-bond acceptors (Lipinski definition) is 0. The summed E-state index contributed by atoms with van der Waals surface area (Å²) in [5.74, 6) is 0. The topological polar surface area (TPSA) is 0 Å². The average Bonchev–Trinajstić information content (AvgIpc) is 1.84. The monoisotopic (exact) mass is 130 g/mol. The summed E-state index contributed by atoms with van der Waals surface area (Å²) >= 11 is 0. The SMILES string of the molecule is c1cc2c(c3c1CC3)CC2. The zero-order valence-electron chi connectivity index (χ0n) is 5.98. The lowest BCUT2D eigenvalue weighted by Crippen LogP contribution is -2.19. The van der Waals surface area contributed by atoms with E-state index in [1.165, 1.54) is 25.7 Å². The lowest BCUT2D eigenvalue weighted by molar-refractivity contribution is 0.742. The van der Waals surface area contributed by atoms with Crippen molar-refractivity contribution in [1.82, 2.24) is 0 Å². The van der Waals surface area contributed by atoms with Crippen molar-refractivity contribution in [2.75, 3.05) is 0 Å². The second kappa shape index (κ2) is 1.45. The molecule has 1 aromatic carbocycles. The molecular formula is C10H10. The molecule has 0 aliphatic heterocycles. The van der Waals surface area contributed by atoms with Crippen molar-refractivity contribution in [3.63, 3.8) is 0 Å². The van der Waals surface area contributed by atoms with Gasteiger partial charge in [0.2, 0.25) is 0 Å². The fourth-order valence-corrected chi connectivity index (χ4v) is 2.05. The Balaban J connectivity index is 2.34. The van der Waals surface area contributed by atoms with Crippen LogP contribution in [0.5, 0.6) is 0 Å². The Labute approximate surface area is 60.9 Å². The fourth-order valence-electron chi connectivity index (χ4n) is 2.05. The van der Waals surface area contributed by atoms with Gasteiger partial charge in [0.25, 0.3) is 0 Å². The molecule has 0 saturated carbocycles. The normalized spacial score (nSPS) is 18.4. The molecule has 0 bridgehead atoms. The Morgan fingerprint density at radius 2 is 1.20 bits per heavy atom. The van der Waals surface area contributed by atoms with E-state index in [9.17, 15) is 0 Å². The standard InChI is InChI=1S/C10H10/c1-2-8-4-6-10(8)9-5-3-7(1)9/h1-2H,3-6H2. The van der Waals surface area contributed by atoms with Gasteiger partial charge in [-0.25, -0.2) is 0 Å². The van der Waals surface area contributed by atoms with Crippen LogP contribution in [-0.4, -0.2) is 0 Å². The number of fused-ring (bicyclic) bond motifs is 3. The molecule has 3 rings (SSSR count). The van der Waals surface area contributed by atoms with Gasteiger partial charge in [0, 0.05) is 0 Å². The molecule has 2 aliphatic rings. The van der Waals surface area contributed by atoms with Gasteiger partial charge >= 0.3 is 0 Å². The molecule has 0 spiro atoms. The maximum Gasteiger partial charge on any atom is -0.0233 e. The van der Waals surface area contributed by atoms with Gasteiger partial charge in [0.15, 0.2) is 0 Å². The Kier molecular flexibility index (Phi) is 0.715. The van der Waals surface area contributed by atoms with Crippen LogP contribution in [0, 0.1) is 0 Å². The molecule has 0 heteroatoms. The first-order valence-corrected chi connectivity index (χ1v) is 4.07. The summed E-state index contributed by atoms with van der Waals surface area (Å²) in [6, 6.07) is 4.63. The second-order valence-electron chi connectivity index (χ2n) is 3.34. The highest BCUT2D eigenvalue weighted by Gasteiger charge is 2.23. The number of aryl methyl sites for hydroxylation is 2. The van der Waals surface area contributed by atoms with Crippen molar-refractivity contribution in [3.8, 4) is 0 Å². The van der Waals surface area contributed by atoms with Crippen molar-refractivity contribution in [3.05, 3.63) is 34.4 Å². The molecule has 0 fully saturated rings. The molecule has 50 valence electrons. The Hall–Kier alpha value is -0.780. The molecule has 0 nitrogen and oxygen atoms in total. The van der Waals surface area contributed by atoms with Crippen LogP contribution in [0.4, 0.5) is 0 Å². The van der Waals surface area contributed by atoms with E-state index in [1.807, 2.05) is 0 Å². The minimum Gasteiger partial charge on any atom is -0.0585 e. The summed E-state index contributed by atoms with van der Waals surface area (Å²) in [5, 5.41) is 0. The highest BCUT2D eigenvalue weighted by atomic mass is 14.3. The number of benzene rings is 1. The molecule has 0 aromatic heterocycles. The third-order valence-electron chi connectivity index (χ3n) is 2.91. The first-order chi connectivity index (χ1) is 4.95. The number of rotatable bonds is 0. The van der Waals surface area contributed by atoms with Crippen LogP contribution in [0.3, 0.4) is 0 Å². The summed E-state index contributed by atoms with van der Waals surface area (Å²) in [7, 11) is 0. The van der Waals surface area contributed by atoms with Crippen LogP contribution in [0.15, 0.2) is 12.1 Å². The zero-order chi connectivity index (χ0) is 6.55. The van der Waals surface area contributed by atoms with Gasteiger partial charge in [-0.2, -0.15) is 0 Å². The summed E-state index contributed by atoms with van der Waals surface area (Å²) in [4.78, 5) is 0. The van der Waals surface area contributed by atoms with Crippen LogP contribution in [0.1, 0.15) is 22.3 Å². The fraction of sp³-hybridized carbons (Fsp3) is 0.400. The van der Waals surface area contributed by atoms with Crippen LogP contribution in [0.2, 0.25) is 0 Å². The van der Waals surface area contributed by atoms with Gasteiger partial charge in [0.05, 0.1) is 0 Å². The van der Waals surface area contributed by atoms with Crippen LogP contribution < -0.4 is 0 Å². The van der Waals surface area contributed by atoms with E-state index in [4.69, 9.17) is 0 Å². The van der Waals surface area contributed by atoms with Crippen molar-refractivity contribution >= 4 is 0 Å². The maximum atomic E-state index is 2.32. The molecule has 0 atom stereocenters. The molecule has 0 N–H and O–H groups in total. The zero-order valence-corrected chi connectivity index (χ0v) is 5.98. The van der Waals surface area contributed by atoms with Gasteiger partial charge in [-0.05, 0) is 47.9 Å². The Morgan fingerprint density at radius 3 is 1.50 bits per heavy atom. The van der Waals surface area contributed by atoms with E-state index in [1.54, 1.807) is 22.3 Å². The molecule has 0 radical (unpaired) electrons. The van der Waals surface area contributed by atoms with Gasteiger partial charge in [0.1, 0.15) is 0 Å². The van der Waals surface area contributed by atoms with Gasteiger partial charge < -0.3 is 0 Å². The highest BCUT2D eigenvalue weighted by molar-refractivity contribution is 5.50. The minimum absolute atomic E-state index is 1.34. The molecular weight excluding hydrogens is 120 g/mol. The molecule has 0 heterocycles. The van der Waals surface area contributed by atoms with E-state index in [2.05, 4.69) is 12.1 Å². The highest BCUT2D eigenvalue weighted by Crippen LogP contribution is 2.34.